The Morgan fingerprint density at radius 1 is 0.538 bits per heavy atom. The van der Waals surface area contributed by atoms with Gasteiger partial charge in [-0.15, -0.1) is 11.3 Å². The van der Waals surface area contributed by atoms with Crippen LogP contribution in [0.4, 0.5) is 0 Å². The second-order valence-corrected chi connectivity index (χ2v) is 31.3. The summed E-state index contributed by atoms with van der Waals surface area (Å²) in [7, 11) is 0. The molecule has 4 aromatic rings. The van der Waals surface area contributed by atoms with Crippen LogP contribution in [0.2, 0.25) is 13.3 Å². The summed E-state index contributed by atoms with van der Waals surface area (Å²) in [5.74, 6) is 1.94. The van der Waals surface area contributed by atoms with Crippen molar-refractivity contribution < 1.29 is 9.47 Å². The molecule has 0 fully saturated rings. The molecule has 0 aliphatic rings. The van der Waals surface area contributed by atoms with Crippen LogP contribution in [0.15, 0.2) is 88.0 Å². The summed E-state index contributed by atoms with van der Waals surface area (Å²) in [4.78, 5) is 1.31. The molecule has 0 aliphatic carbocycles. The maximum atomic E-state index is 5.94. The van der Waals surface area contributed by atoms with Gasteiger partial charge < -0.3 is 9.47 Å². The van der Waals surface area contributed by atoms with Gasteiger partial charge in [-0.25, -0.2) is 0 Å². The van der Waals surface area contributed by atoms with Gasteiger partial charge in [0.15, 0.2) is 0 Å². The van der Waals surface area contributed by atoms with Crippen molar-refractivity contribution in [3.05, 3.63) is 88.0 Å². The third-order valence-electron chi connectivity index (χ3n) is 9.65. The molecule has 2 aromatic carbocycles. The SMILES string of the molecule is CCCCCC(C)Oc1ccc(-c2cccs2)cc1.CCCCCC(C)Oc1ccc(Br)cc1.CCC[CH2][Sn]([CH2]CCC)([CH2]CCC)[c]1cccs1. The van der Waals surface area contributed by atoms with Crippen LogP contribution in [0.3, 0.4) is 0 Å². The minimum atomic E-state index is -2.01. The second kappa shape index (κ2) is 29.1. The van der Waals surface area contributed by atoms with Crippen LogP contribution in [0.1, 0.15) is 138 Å². The average Bonchev–Trinajstić information content (AvgIpc) is 3.90. The molecule has 2 heterocycles. The van der Waals surface area contributed by atoms with Crippen LogP contribution in [-0.2, 0) is 0 Å². The van der Waals surface area contributed by atoms with Gasteiger partial charge in [0, 0.05) is 9.35 Å². The van der Waals surface area contributed by atoms with Crippen LogP contribution in [0, 0.1) is 0 Å². The van der Waals surface area contributed by atoms with Crippen molar-refractivity contribution in [3.63, 3.8) is 0 Å². The van der Waals surface area contributed by atoms with E-state index < -0.39 is 18.4 Å². The van der Waals surface area contributed by atoms with Crippen molar-refractivity contribution in [2.24, 2.45) is 0 Å². The first-order valence-corrected chi connectivity index (χ1v) is 30.6. The maximum absolute atomic E-state index is 5.94. The predicted molar refractivity (Wildman–Crippen MR) is 241 cm³/mol. The fraction of sp³-hybridized carbons (Fsp3) is 0.565. The van der Waals surface area contributed by atoms with Gasteiger partial charge in [0.1, 0.15) is 11.5 Å². The number of benzene rings is 2. The summed E-state index contributed by atoms with van der Waals surface area (Å²) < 4.78 is 19.5. The van der Waals surface area contributed by atoms with Crippen LogP contribution in [0.25, 0.3) is 10.4 Å². The number of unbranched alkanes of at least 4 members (excludes halogenated alkanes) is 7. The first-order chi connectivity index (χ1) is 25.3. The molecule has 0 aliphatic heterocycles. The first kappa shape index (κ1) is 46.9. The average molecular weight is 919 g/mol. The minimum absolute atomic E-state index is 0.305. The molecule has 0 saturated carbocycles. The fourth-order valence-corrected chi connectivity index (χ4v) is 27.3. The van der Waals surface area contributed by atoms with Gasteiger partial charge in [0.2, 0.25) is 0 Å². The third kappa shape index (κ3) is 19.3. The number of ether oxygens (including phenoxy) is 2. The summed E-state index contributed by atoms with van der Waals surface area (Å²) in [5.41, 5.74) is 1.26. The molecule has 2 unspecified atom stereocenters. The number of hydrogen-bond donors (Lipinski definition) is 0. The van der Waals surface area contributed by atoms with Crippen molar-refractivity contribution in [1.82, 2.24) is 0 Å². The molecule has 0 spiro atoms. The Morgan fingerprint density at radius 3 is 1.38 bits per heavy atom. The van der Waals surface area contributed by atoms with E-state index in [1.807, 2.05) is 27.2 Å². The molecule has 0 bridgehead atoms. The van der Waals surface area contributed by atoms with E-state index in [4.69, 9.17) is 9.47 Å². The number of halogens is 1. The molecule has 290 valence electrons. The molecule has 0 saturated heterocycles. The number of thiophene rings is 2. The molecule has 0 radical (unpaired) electrons. The zero-order valence-electron chi connectivity index (χ0n) is 33.8. The summed E-state index contributed by atoms with van der Waals surface area (Å²) in [5, 5.41) is 4.42. The molecule has 0 amide bonds. The second-order valence-electron chi connectivity index (χ2n) is 14.4. The Bertz CT molecular complexity index is 1330. The molecule has 52 heavy (non-hydrogen) atoms. The Morgan fingerprint density at radius 2 is 0.981 bits per heavy atom. The van der Waals surface area contributed by atoms with Crippen LogP contribution >= 0.6 is 38.6 Å². The van der Waals surface area contributed by atoms with E-state index in [0.29, 0.717) is 12.2 Å². The van der Waals surface area contributed by atoms with Gasteiger partial charge in [-0.3, -0.25) is 0 Å². The Labute approximate surface area is 340 Å². The quantitative estimate of drug-likeness (QED) is 0.0545. The van der Waals surface area contributed by atoms with E-state index in [0.717, 1.165) is 28.8 Å². The predicted octanol–water partition coefficient (Wildman–Crippen LogP) is 16.4. The molecule has 0 N–H and O–H groups in total. The fourth-order valence-electron chi connectivity index (χ4n) is 6.47. The zero-order valence-corrected chi connectivity index (χ0v) is 39.8. The van der Waals surface area contributed by atoms with Crippen LogP contribution in [0.5, 0.6) is 11.5 Å². The Balaban J connectivity index is 0.000000272. The van der Waals surface area contributed by atoms with E-state index in [9.17, 15) is 0 Å². The van der Waals surface area contributed by atoms with E-state index >= 15 is 0 Å². The van der Waals surface area contributed by atoms with Gasteiger partial charge >= 0.3 is 123 Å². The van der Waals surface area contributed by atoms with Gasteiger partial charge in [-0.05, 0) is 105 Å². The van der Waals surface area contributed by atoms with Crippen LogP contribution in [-0.4, -0.2) is 30.6 Å². The van der Waals surface area contributed by atoms with Crippen molar-refractivity contribution in [3.8, 4) is 21.9 Å². The van der Waals surface area contributed by atoms with Gasteiger partial charge in [-0.2, -0.15) is 0 Å². The van der Waals surface area contributed by atoms with E-state index in [2.05, 4.69) is 135 Å². The summed E-state index contributed by atoms with van der Waals surface area (Å²) in [6, 6.07) is 25.4. The molecule has 2 nitrogen and oxygen atoms in total. The van der Waals surface area contributed by atoms with Crippen molar-refractivity contribution >= 4 is 59.9 Å². The van der Waals surface area contributed by atoms with Gasteiger partial charge in [0.05, 0.1) is 12.2 Å². The molecule has 6 heteroatoms. The third-order valence-corrected chi connectivity index (χ3v) is 30.4. The number of rotatable bonds is 23. The summed E-state index contributed by atoms with van der Waals surface area (Å²) >= 11 is 5.24. The summed E-state index contributed by atoms with van der Waals surface area (Å²) in [6.07, 6.45) is 19.1. The van der Waals surface area contributed by atoms with Crippen molar-refractivity contribution in [1.29, 1.82) is 0 Å². The van der Waals surface area contributed by atoms with E-state index in [-0.39, 0.29) is 0 Å². The molecule has 2 atom stereocenters. The molecular formula is C46H71BrO2S2Sn. The zero-order chi connectivity index (χ0) is 37.9. The van der Waals surface area contributed by atoms with E-state index in [1.54, 1.807) is 24.6 Å². The monoisotopic (exact) mass is 918 g/mol. The van der Waals surface area contributed by atoms with Crippen molar-refractivity contribution in [2.45, 2.75) is 164 Å². The Kier molecular flexibility index (Phi) is 26.2. The van der Waals surface area contributed by atoms with Gasteiger partial charge in [0.25, 0.3) is 0 Å². The van der Waals surface area contributed by atoms with Crippen LogP contribution < -0.4 is 12.4 Å². The number of hydrogen-bond acceptors (Lipinski definition) is 4. The standard InChI is InChI=1S/C17H22OS.C13H19BrO.C4H3S.3C4H9.Sn/c1-3-4-5-7-14(2)18-16-11-9-15(10-12-16)17-8-6-13-19-17;1-3-4-5-6-11(2)15-13-9-7-12(14)8-10-13;1-2-4-5-3-1;3*1-3-4-2;/h6,8-14H,3-5,7H2,1-2H3;7-11H,3-6H2,1-2H3;1-3H;3*1,3-4H2,2H3;. The topological polar surface area (TPSA) is 18.5 Å². The van der Waals surface area contributed by atoms with Gasteiger partial charge in [-0.1, -0.05) is 61.5 Å². The summed E-state index contributed by atoms with van der Waals surface area (Å²) in [6.45, 7) is 15.8. The normalized spacial score (nSPS) is 12.2. The van der Waals surface area contributed by atoms with Crippen molar-refractivity contribution in [2.75, 3.05) is 0 Å². The molecule has 4 rings (SSSR count). The molecular weight excluding hydrogens is 847 g/mol. The Hall–Kier alpha value is -1.28. The first-order valence-electron chi connectivity index (χ1n) is 20.6. The molecule has 2 aromatic heterocycles. The van der Waals surface area contributed by atoms with E-state index in [1.165, 1.54) is 87.5 Å².